The zero-order valence-corrected chi connectivity index (χ0v) is 24.6. The third kappa shape index (κ3) is 6.54. The maximum absolute atomic E-state index is 14.3. The number of benzene rings is 2. The predicted molar refractivity (Wildman–Crippen MR) is 157 cm³/mol. The molecule has 9 heteroatoms. The first-order chi connectivity index (χ1) is 19.0. The molecule has 5 rings (SSSR count). The maximum atomic E-state index is 14.3. The van der Waals surface area contributed by atoms with Gasteiger partial charge in [-0.3, -0.25) is 9.59 Å². The minimum absolute atomic E-state index is 0.0427. The average Bonchev–Trinajstić information content (AvgIpc) is 3.60. The Kier molecular flexibility index (Phi) is 8.00. The number of anilines is 2. The van der Waals surface area contributed by atoms with Gasteiger partial charge in [0.15, 0.2) is 0 Å². The summed E-state index contributed by atoms with van der Waals surface area (Å²) < 4.78 is 5.66. The molecule has 2 aromatic carbocycles. The molecule has 0 radical (unpaired) electrons. The van der Waals surface area contributed by atoms with Crippen LogP contribution in [-0.2, 0) is 9.53 Å². The van der Waals surface area contributed by atoms with Crippen LogP contribution in [0.15, 0.2) is 36.4 Å². The highest BCUT2D eigenvalue weighted by atomic mass is 35.5. The van der Waals surface area contributed by atoms with Crippen molar-refractivity contribution < 1.29 is 19.1 Å². The van der Waals surface area contributed by atoms with Gasteiger partial charge in [0.2, 0.25) is 5.91 Å². The molecular formula is C31H39ClN4O4. The van der Waals surface area contributed by atoms with Crippen molar-refractivity contribution in [1.29, 1.82) is 0 Å². The van der Waals surface area contributed by atoms with Gasteiger partial charge in [-0.05, 0) is 94.8 Å². The number of piperazine rings is 1. The molecule has 1 aliphatic carbocycles. The Morgan fingerprint density at radius 1 is 0.975 bits per heavy atom. The molecule has 0 unspecified atom stereocenters. The van der Waals surface area contributed by atoms with Crippen LogP contribution in [0.25, 0.3) is 0 Å². The van der Waals surface area contributed by atoms with E-state index in [0.717, 1.165) is 55.6 Å². The number of rotatable bonds is 5. The molecule has 3 aliphatic rings. The topological polar surface area (TPSA) is 82.2 Å². The van der Waals surface area contributed by atoms with Crippen molar-refractivity contribution in [2.75, 3.05) is 42.9 Å². The third-order valence-corrected chi connectivity index (χ3v) is 7.85. The largest absolute Gasteiger partial charge is 0.444 e. The molecule has 8 nitrogen and oxygen atoms in total. The highest BCUT2D eigenvalue weighted by Crippen LogP contribution is 2.35. The van der Waals surface area contributed by atoms with Gasteiger partial charge in [-0.1, -0.05) is 17.7 Å². The van der Waals surface area contributed by atoms with Gasteiger partial charge in [0, 0.05) is 49.4 Å². The number of hydrogen-bond acceptors (Lipinski definition) is 5. The SMILES string of the molecule is Cc1cc(Cl)cc([C@H]2CN(C(=O)OC(C)(C)C)CCN2C(=O)c2ccc(NC(=O)C3CC3)cc2N2CCCC2)c1. The summed E-state index contributed by atoms with van der Waals surface area (Å²) in [6.45, 7) is 10.3. The van der Waals surface area contributed by atoms with Crippen LogP contribution in [-0.4, -0.2) is 66.0 Å². The summed E-state index contributed by atoms with van der Waals surface area (Å²) in [6, 6.07) is 11.0. The Balaban J connectivity index is 1.47. The standard InChI is InChI=1S/C31H39ClN4O4/c1-20-15-22(17-23(32)16-20)27-19-35(30(39)40-31(2,3)4)13-14-36(27)29(38)25-10-9-24(33-28(37)21-7-8-21)18-26(25)34-11-5-6-12-34/h9-10,15-18,21,27H,5-8,11-14,19H2,1-4H3,(H,33,37)/t27-/m1/s1. The molecule has 1 atom stereocenters. The molecule has 1 saturated carbocycles. The fourth-order valence-corrected chi connectivity index (χ4v) is 5.81. The molecule has 2 aromatic rings. The number of ether oxygens (including phenoxy) is 1. The Hall–Kier alpha value is -3.26. The van der Waals surface area contributed by atoms with Gasteiger partial charge >= 0.3 is 6.09 Å². The fraction of sp³-hybridized carbons (Fsp3) is 0.516. The molecule has 3 amide bonds. The number of carbonyl (C=O) groups is 3. The highest BCUT2D eigenvalue weighted by Gasteiger charge is 2.37. The second-order valence-corrected chi connectivity index (χ2v) is 12.6. The lowest BCUT2D eigenvalue weighted by atomic mass is 9.98. The zero-order chi connectivity index (χ0) is 28.6. The van der Waals surface area contributed by atoms with Gasteiger partial charge in [0.1, 0.15) is 5.60 Å². The summed E-state index contributed by atoms with van der Waals surface area (Å²) in [5, 5.41) is 3.62. The van der Waals surface area contributed by atoms with Crippen molar-refractivity contribution >= 4 is 40.9 Å². The summed E-state index contributed by atoms with van der Waals surface area (Å²) >= 11 is 6.45. The van der Waals surface area contributed by atoms with Crippen molar-refractivity contribution in [3.8, 4) is 0 Å². The van der Waals surface area contributed by atoms with E-state index in [0.29, 0.717) is 35.9 Å². The van der Waals surface area contributed by atoms with Crippen LogP contribution in [0.3, 0.4) is 0 Å². The normalized spacial score (nSPS) is 19.5. The van der Waals surface area contributed by atoms with E-state index in [1.54, 1.807) is 4.90 Å². The van der Waals surface area contributed by atoms with Gasteiger partial charge in [0.05, 0.1) is 17.3 Å². The lowest BCUT2D eigenvalue weighted by molar-refractivity contribution is -0.117. The minimum Gasteiger partial charge on any atom is -0.444 e. The molecule has 2 heterocycles. The van der Waals surface area contributed by atoms with Crippen molar-refractivity contribution in [2.45, 2.75) is 65.0 Å². The smallest absolute Gasteiger partial charge is 0.410 e. The quantitative estimate of drug-likeness (QED) is 0.478. The lowest BCUT2D eigenvalue weighted by Gasteiger charge is -2.42. The fourth-order valence-electron chi connectivity index (χ4n) is 5.52. The summed E-state index contributed by atoms with van der Waals surface area (Å²) in [5.74, 6) is 0.0364. The third-order valence-electron chi connectivity index (χ3n) is 7.63. The van der Waals surface area contributed by atoms with Gasteiger partial charge in [0.25, 0.3) is 5.91 Å². The van der Waals surface area contributed by atoms with Crippen molar-refractivity contribution in [1.82, 2.24) is 9.80 Å². The van der Waals surface area contributed by atoms with Crippen LogP contribution in [0.4, 0.5) is 16.2 Å². The van der Waals surface area contributed by atoms with Crippen LogP contribution in [0.2, 0.25) is 5.02 Å². The number of nitrogens with zero attached hydrogens (tertiary/aromatic N) is 3. The first-order valence-corrected chi connectivity index (χ1v) is 14.6. The van der Waals surface area contributed by atoms with Crippen LogP contribution in [0.5, 0.6) is 0 Å². The summed E-state index contributed by atoms with van der Waals surface area (Å²) in [4.78, 5) is 45.5. The molecule has 0 aromatic heterocycles. The van der Waals surface area contributed by atoms with E-state index in [2.05, 4.69) is 10.2 Å². The molecular weight excluding hydrogens is 528 g/mol. The Labute approximate surface area is 241 Å². The van der Waals surface area contributed by atoms with Gasteiger partial charge in [-0.2, -0.15) is 0 Å². The number of amides is 3. The van der Waals surface area contributed by atoms with E-state index >= 15 is 0 Å². The molecule has 2 aliphatic heterocycles. The van der Waals surface area contributed by atoms with Gasteiger partial charge in [-0.25, -0.2) is 4.79 Å². The number of carbonyl (C=O) groups excluding carboxylic acids is 3. The molecule has 214 valence electrons. The Morgan fingerprint density at radius 3 is 2.35 bits per heavy atom. The molecule has 3 fully saturated rings. The average molecular weight is 567 g/mol. The lowest BCUT2D eigenvalue weighted by Crippen LogP contribution is -2.53. The number of nitrogens with one attached hydrogen (secondary N) is 1. The predicted octanol–water partition coefficient (Wildman–Crippen LogP) is 6.03. The molecule has 2 saturated heterocycles. The van der Waals surface area contributed by atoms with E-state index in [4.69, 9.17) is 16.3 Å². The number of aryl methyl sites for hydroxylation is 1. The van der Waals surface area contributed by atoms with E-state index in [1.165, 1.54) is 0 Å². The summed E-state index contributed by atoms with van der Waals surface area (Å²) in [5.41, 5.74) is 3.40. The Bertz CT molecular complexity index is 1280. The maximum Gasteiger partial charge on any atom is 0.410 e. The summed E-state index contributed by atoms with van der Waals surface area (Å²) in [6.07, 6.45) is 3.59. The van der Waals surface area contributed by atoms with E-state index in [9.17, 15) is 14.4 Å². The van der Waals surface area contributed by atoms with Crippen molar-refractivity contribution in [2.24, 2.45) is 5.92 Å². The second kappa shape index (κ2) is 11.3. The van der Waals surface area contributed by atoms with E-state index in [1.807, 2.05) is 69.0 Å². The van der Waals surface area contributed by atoms with E-state index in [-0.39, 0.29) is 17.7 Å². The van der Waals surface area contributed by atoms with E-state index < -0.39 is 17.7 Å². The number of halogens is 1. The summed E-state index contributed by atoms with van der Waals surface area (Å²) in [7, 11) is 0. The molecule has 40 heavy (non-hydrogen) atoms. The van der Waals surface area contributed by atoms with Gasteiger partial charge < -0.3 is 24.8 Å². The van der Waals surface area contributed by atoms with Crippen LogP contribution in [0.1, 0.15) is 74.0 Å². The highest BCUT2D eigenvalue weighted by molar-refractivity contribution is 6.30. The molecule has 1 N–H and O–H groups in total. The van der Waals surface area contributed by atoms with Crippen LogP contribution in [0, 0.1) is 12.8 Å². The van der Waals surface area contributed by atoms with Crippen molar-refractivity contribution in [3.05, 3.63) is 58.1 Å². The number of hydrogen-bond donors (Lipinski definition) is 1. The minimum atomic E-state index is -0.618. The first kappa shape index (κ1) is 28.3. The van der Waals surface area contributed by atoms with Crippen LogP contribution >= 0.6 is 11.6 Å². The second-order valence-electron chi connectivity index (χ2n) is 12.2. The molecule has 0 bridgehead atoms. The monoisotopic (exact) mass is 566 g/mol. The van der Waals surface area contributed by atoms with Gasteiger partial charge in [-0.15, -0.1) is 0 Å². The zero-order valence-electron chi connectivity index (χ0n) is 23.8. The Morgan fingerprint density at radius 2 is 1.70 bits per heavy atom. The van der Waals surface area contributed by atoms with Crippen molar-refractivity contribution in [3.63, 3.8) is 0 Å². The first-order valence-electron chi connectivity index (χ1n) is 14.2. The van der Waals surface area contributed by atoms with Crippen LogP contribution < -0.4 is 10.2 Å². The molecule has 0 spiro atoms.